The largest absolute Gasteiger partial charge is 0.381 e. The molecule has 106 valence electrons. The van der Waals surface area contributed by atoms with Crippen LogP contribution < -0.4 is 5.73 Å². The van der Waals surface area contributed by atoms with Crippen LogP contribution in [0.15, 0.2) is 0 Å². The lowest BCUT2D eigenvalue weighted by molar-refractivity contribution is -0.117. The maximum absolute atomic E-state index is 11.2. The summed E-state index contributed by atoms with van der Waals surface area (Å²) in [6.07, 6.45) is 3.06. The maximum atomic E-state index is 11.2. The van der Waals surface area contributed by atoms with Crippen molar-refractivity contribution >= 4 is 5.91 Å². The normalized spacial score (nSPS) is 18.4. The molecular formula is C13H22N4O2. The van der Waals surface area contributed by atoms with Crippen LogP contribution in [0, 0.1) is 0 Å². The maximum Gasteiger partial charge on any atom is 0.223 e. The smallest absolute Gasteiger partial charge is 0.223 e. The van der Waals surface area contributed by atoms with E-state index in [0.717, 1.165) is 43.9 Å². The fourth-order valence-electron chi connectivity index (χ4n) is 2.52. The number of nitrogens with zero attached hydrogens (tertiary/aromatic N) is 3. The van der Waals surface area contributed by atoms with Gasteiger partial charge in [-0.05, 0) is 26.2 Å². The lowest BCUT2D eigenvalue weighted by Crippen LogP contribution is -2.22. The van der Waals surface area contributed by atoms with Crippen molar-refractivity contribution in [3.8, 4) is 0 Å². The van der Waals surface area contributed by atoms with Gasteiger partial charge in [-0.15, -0.1) is 5.10 Å². The summed E-state index contributed by atoms with van der Waals surface area (Å²) in [4.78, 5) is 11.2. The number of rotatable bonds is 5. The molecule has 1 aliphatic rings. The quantitative estimate of drug-likeness (QED) is 0.867. The van der Waals surface area contributed by atoms with Crippen molar-refractivity contribution in [1.29, 1.82) is 0 Å². The lowest BCUT2D eigenvalue weighted by Gasteiger charge is -2.25. The summed E-state index contributed by atoms with van der Waals surface area (Å²) in [5.74, 6) is 0.0108. The number of aromatic nitrogens is 3. The van der Waals surface area contributed by atoms with E-state index in [0.29, 0.717) is 5.92 Å². The van der Waals surface area contributed by atoms with Crippen molar-refractivity contribution in [2.45, 2.75) is 51.5 Å². The van der Waals surface area contributed by atoms with Crippen LogP contribution in [0.4, 0.5) is 0 Å². The Balaban J connectivity index is 2.33. The summed E-state index contributed by atoms with van der Waals surface area (Å²) >= 11 is 0. The molecule has 1 amide bonds. The molecule has 2 rings (SSSR count). The van der Waals surface area contributed by atoms with Gasteiger partial charge in [0.1, 0.15) is 0 Å². The second-order valence-corrected chi connectivity index (χ2v) is 5.15. The zero-order valence-corrected chi connectivity index (χ0v) is 11.6. The molecule has 0 radical (unpaired) electrons. The fraction of sp³-hybridized carbons (Fsp3) is 0.769. The number of carbonyl (C=O) groups excluding carboxylic acids is 1. The summed E-state index contributed by atoms with van der Waals surface area (Å²) in [6.45, 7) is 5.75. The molecule has 0 spiro atoms. The number of carbonyl (C=O) groups is 1. The molecule has 1 saturated heterocycles. The van der Waals surface area contributed by atoms with Gasteiger partial charge in [0.05, 0.1) is 23.9 Å². The van der Waals surface area contributed by atoms with E-state index in [9.17, 15) is 4.79 Å². The highest BCUT2D eigenvalue weighted by Gasteiger charge is 2.26. The average molecular weight is 266 g/mol. The first-order chi connectivity index (χ1) is 9.13. The third-order valence-electron chi connectivity index (χ3n) is 3.76. The Kier molecular flexibility index (Phi) is 4.52. The molecule has 1 aromatic heterocycles. The van der Waals surface area contributed by atoms with Crippen molar-refractivity contribution in [3.63, 3.8) is 0 Å². The molecule has 0 bridgehead atoms. The zero-order valence-electron chi connectivity index (χ0n) is 11.6. The van der Waals surface area contributed by atoms with Gasteiger partial charge in [0, 0.05) is 19.1 Å². The highest BCUT2D eigenvalue weighted by atomic mass is 16.5. The third-order valence-corrected chi connectivity index (χ3v) is 3.76. The molecule has 1 aliphatic heterocycles. The first kappa shape index (κ1) is 14.0. The molecule has 1 aromatic rings. The second-order valence-electron chi connectivity index (χ2n) is 5.15. The van der Waals surface area contributed by atoms with Crippen LogP contribution in [-0.4, -0.2) is 34.1 Å². The van der Waals surface area contributed by atoms with Gasteiger partial charge in [-0.2, -0.15) is 0 Å². The van der Waals surface area contributed by atoms with Gasteiger partial charge in [0.25, 0.3) is 0 Å². The number of amides is 1. The summed E-state index contributed by atoms with van der Waals surface area (Å²) in [5, 5.41) is 8.41. The number of hydrogen-bond donors (Lipinski definition) is 1. The van der Waals surface area contributed by atoms with Crippen LogP contribution in [0.1, 0.15) is 56.5 Å². The van der Waals surface area contributed by atoms with E-state index in [2.05, 4.69) is 24.2 Å². The molecular weight excluding hydrogens is 244 g/mol. The SMILES string of the molecule is CCC(C)n1nnc(CC(N)=O)c1C1CCOCC1. The number of nitrogens with two attached hydrogens (primary N) is 1. The highest BCUT2D eigenvalue weighted by molar-refractivity contribution is 5.76. The molecule has 1 unspecified atom stereocenters. The van der Waals surface area contributed by atoms with Crippen molar-refractivity contribution in [3.05, 3.63) is 11.4 Å². The summed E-state index contributed by atoms with van der Waals surface area (Å²) in [5.41, 5.74) is 7.12. The van der Waals surface area contributed by atoms with E-state index in [-0.39, 0.29) is 18.4 Å². The molecule has 0 aliphatic carbocycles. The van der Waals surface area contributed by atoms with Gasteiger partial charge in [-0.3, -0.25) is 4.79 Å². The molecule has 2 N–H and O–H groups in total. The molecule has 1 fully saturated rings. The average Bonchev–Trinajstić information content (AvgIpc) is 2.81. The molecule has 6 nitrogen and oxygen atoms in total. The van der Waals surface area contributed by atoms with Crippen molar-refractivity contribution < 1.29 is 9.53 Å². The Labute approximate surface area is 113 Å². The van der Waals surface area contributed by atoms with Crippen LogP contribution in [0.25, 0.3) is 0 Å². The van der Waals surface area contributed by atoms with E-state index in [1.807, 2.05) is 4.68 Å². The molecule has 2 heterocycles. The van der Waals surface area contributed by atoms with Gasteiger partial charge >= 0.3 is 0 Å². The molecule has 6 heteroatoms. The molecule has 0 saturated carbocycles. The topological polar surface area (TPSA) is 83.0 Å². The van der Waals surface area contributed by atoms with Gasteiger partial charge in [-0.25, -0.2) is 4.68 Å². The summed E-state index contributed by atoms with van der Waals surface area (Å²) in [6, 6.07) is 0.284. The van der Waals surface area contributed by atoms with Crippen LogP contribution in [0.5, 0.6) is 0 Å². The van der Waals surface area contributed by atoms with Crippen molar-refractivity contribution in [2.75, 3.05) is 13.2 Å². The van der Waals surface area contributed by atoms with Gasteiger partial charge in [0.15, 0.2) is 0 Å². The molecule has 1 atom stereocenters. The van der Waals surface area contributed by atoms with Crippen LogP contribution in [-0.2, 0) is 16.0 Å². The fourth-order valence-corrected chi connectivity index (χ4v) is 2.52. The van der Waals surface area contributed by atoms with E-state index in [1.165, 1.54) is 0 Å². The molecule has 0 aromatic carbocycles. The first-order valence-corrected chi connectivity index (χ1v) is 6.93. The summed E-state index contributed by atoms with van der Waals surface area (Å²) < 4.78 is 7.37. The second kappa shape index (κ2) is 6.14. The van der Waals surface area contributed by atoms with E-state index < -0.39 is 0 Å². The van der Waals surface area contributed by atoms with Gasteiger partial charge in [0.2, 0.25) is 5.91 Å². The Morgan fingerprint density at radius 1 is 1.53 bits per heavy atom. The minimum absolute atomic E-state index is 0.170. The first-order valence-electron chi connectivity index (χ1n) is 6.93. The Morgan fingerprint density at radius 3 is 2.79 bits per heavy atom. The predicted molar refractivity (Wildman–Crippen MR) is 70.7 cm³/mol. The lowest BCUT2D eigenvalue weighted by atomic mass is 9.93. The minimum atomic E-state index is -0.357. The van der Waals surface area contributed by atoms with Crippen molar-refractivity contribution in [2.24, 2.45) is 5.73 Å². The Hall–Kier alpha value is -1.43. The van der Waals surface area contributed by atoms with E-state index >= 15 is 0 Å². The van der Waals surface area contributed by atoms with Crippen LogP contribution >= 0.6 is 0 Å². The Morgan fingerprint density at radius 2 is 2.21 bits per heavy atom. The number of hydrogen-bond acceptors (Lipinski definition) is 4. The summed E-state index contributed by atoms with van der Waals surface area (Å²) in [7, 11) is 0. The van der Waals surface area contributed by atoms with E-state index in [4.69, 9.17) is 10.5 Å². The number of ether oxygens (including phenoxy) is 1. The monoisotopic (exact) mass is 266 g/mol. The van der Waals surface area contributed by atoms with Crippen molar-refractivity contribution in [1.82, 2.24) is 15.0 Å². The Bertz CT molecular complexity index is 438. The van der Waals surface area contributed by atoms with Crippen LogP contribution in [0.3, 0.4) is 0 Å². The third kappa shape index (κ3) is 3.12. The highest BCUT2D eigenvalue weighted by Crippen LogP contribution is 2.31. The van der Waals surface area contributed by atoms with Gasteiger partial charge < -0.3 is 10.5 Å². The standard InChI is InChI=1S/C13H22N4O2/c1-3-9(2)17-13(10-4-6-19-7-5-10)11(15-16-17)8-12(14)18/h9-10H,3-8H2,1-2H3,(H2,14,18). The van der Waals surface area contributed by atoms with E-state index in [1.54, 1.807) is 0 Å². The van der Waals surface area contributed by atoms with Crippen LogP contribution in [0.2, 0.25) is 0 Å². The molecule has 19 heavy (non-hydrogen) atoms. The predicted octanol–water partition coefficient (Wildman–Crippen LogP) is 1.17. The number of primary amides is 1. The van der Waals surface area contributed by atoms with Gasteiger partial charge in [-0.1, -0.05) is 12.1 Å². The minimum Gasteiger partial charge on any atom is -0.381 e. The zero-order chi connectivity index (χ0) is 13.8.